The molecule has 1 aliphatic heterocycles. The largest absolute Gasteiger partial charge is 0.390 e. The molecule has 2 rings (SSSR count). The van der Waals surface area contributed by atoms with Crippen LogP contribution < -0.4 is 0 Å². The Bertz CT molecular complexity index is 352. The molecule has 2 aliphatic rings. The molecule has 0 aromatic carbocycles. The van der Waals surface area contributed by atoms with Gasteiger partial charge in [-0.2, -0.15) is 5.26 Å². The molecule has 0 unspecified atom stereocenters. The number of β-amino-alcohol motifs (C(OH)–C–C–N with tert-alkyl or cyclic N) is 1. The first kappa shape index (κ1) is 13.3. The second-order valence-electron chi connectivity index (χ2n) is 5.50. The fraction of sp³-hybridized carbons (Fsp3) is 0.846. The molecule has 5 heteroatoms. The Balaban J connectivity index is 1.94. The molecule has 0 aromatic heterocycles. The molecule has 2 fully saturated rings. The fourth-order valence-corrected chi connectivity index (χ4v) is 2.87. The molecule has 5 nitrogen and oxygen atoms in total. The number of likely N-dealkylation sites (N-methyl/N-ethyl adjacent to an activating group) is 1. The summed E-state index contributed by atoms with van der Waals surface area (Å²) in [5, 5.41) is 18.6. The first-order valence-electron chi connectivity index (χ1n) is 6.66. The van der Waals surface area contributed by atoms with Gasteiger partial charge in [0.2, 0.25) is 5.91 Å². The average Bonchev–Trinajstić information content (AvgIpc) is 2.36. The van der Waals surface area contributed by atoms with E-state index in [1.165, 1.54) is 0 Å². The zero-order chi connectivity index (χ0) is 13.2. The second kappa shape index (κ2) is 5.25. The topological polar surface area (TPSA) is 67.6 Å². The lowest BCUT2D eigenvalue weighted by Crippen LogP contribution is -2.57. The molecule has 0 spiro atoms. The minimum Gasteiger partial charge on any atom is -0.390 e. The van der Waals surface area contributed by atoms with Crippen molar-refractivity contribution >= 4 is 5.91 Å². The molecule has 1 N–H and O–H groups in total. The Morgan fingerprint density at radius 3 is 2.56 bits per heavy atom. The van der Waals surface area contributed by atoms with Crippen molar-refractivity contribution < 1.29 is 9.90 Å². The van der Waals surface area contributed by atoms with Gasteiger partial charge in [0.25, 0.3) is 0 Å². The molecule has 0 radical (unpaired) electrons. The Labute approximate surface area is 108 Å². The smallest absolute Gasteiger partial charge is 0.237 e. The van der Waals surface area contributed by atoms with E-state index in [1.54, 1.807) is 11.9 Å². The minimum absolute atomic E-state index is 0.00894. The number of nitriles is 1. The minimum atomic E-state index is -0.598. The average molecular weight is 251 g/mol. The van der Waals surface area contributed by atoms with E-state index in [4.69, 9.17) is 0 Å². The molecule has 100 valence electrons. The number of hydrogen-bond donors (Lipinski definition) is 1. The number of rotatable bonds is 3. The van der Waals surface area contributed by atoms with Crippen molar-refractivity contribution in [2.24, 2.45) is 0 Å². The maximum absolute atomic E-state index is 12.2. The van der Waals surface area contributed by atoms with Crippen LogP contribution in [-0.4, -0.2) is 59.1 Å². The van der Waals surface area contributed by atoms with Crippen LogP contribution in [0, 0.1) is 11.3 Å². The van der Waals surface area contributed by atoms with Gasteiger partial charge in [-0.15, -0.1) is 0 Å². The van der Waals surface area contributed by atoms with Crippen molar-refractivity contribution in [2.75, 3.05) is 26.7 Å². The number of carbonyl (C=O) groups is 1. The van der Waals surface area contributed by atoms with Crippen LogP contribution in [0.15, 0.2) is 0 Å². The van der Waals surface area contributed by atoms with Gasteiger partial charge in [0.05, 0.1) is 18.7 Å². The number of aliphatic hydroxyl groups is 1. The van der Waals surface area contributed by atoms with Crippen molar-refractivity contribution in [1.82, 2.24) is 9.80 Å². The molecular weight excluding hydrogens is 230 g/mol. The first-order chi connectivity index (χ1) is 8.57. The lowest BCUT2D eigenvalue weighted by atomic mass is 9.81. The summed E-state index contributed by atoms with van der Waals surface area (Å²) >= 11 is 0. The monoisotopic (exact) mass is 251 g/mol. The number of carbonyl (C=O) groups excluding carboxylic acids is 1. The van der Waals surface area contributed by atoms with Gasteiger partial charge in [-0.05, 0) is 12.8 Å². The van der Waals surface area contributed by atoms with Crippen LogP contribution in [0.5, 0.6) is 0 Å². The van der Waals surface area contributed by atoms with E-state index >= 15 is 0 Å². The standard InChI is InChI=1S/C13H21N3O2/c1-15(12(18)9-16-7-11(17)8-16)13(10-14)5-3-2-4-6-13/h11,17H,2-9H2,1H3. The lowest BCUT2D eigenvalue weighted by molar-refractivity contribution is -0.138. The molecule has 1 amide bonds. The van der Waals surface area contributed by atoms with Gasteiger partial charge in [-0.1, -0.05) is 19.3 Å². The number of hydrogen-bond acceptors (Lipinski definition) is 4. The summed E-state index contributed by atoms with van der Waals surface area (Å²) in [6, 6.07) is 2.35. The predicted molar refractivity (Wildman–Crippen MR) is 66.6 cm³/mol. The van der Waals surface area contributed by atoms with Gasteiger partial charge in [0.1, 0.15) is 5.54 Å². The van der Waals surface area contributed by atoms with Crippen LogP contribution in [0.3, 0.4) is 0 Å². The van der Waals surface area contributed by atoms with E-state index in [9.17, 15) is 15.2 Å². The van der Waals surface area contributed by atoms with E-state index < -0.39 is 5.54 Å². The number of amides is 1. The van der Waals surface area contributed by atoms with E-state index in [2.05, 4.69) is 6.07 Å². The molecule has 1 saturated carbocycles. The predicted octanol–water partition coefficient (Wildman–Crippen LogP) is 0.348. The molecule has 1 saturated heterocycles. The van der Waals surface area contributed by atoms with Crippen molar-refractivity contribution in [3.05, 3.63) is 0 Å². The Hall–Kier alpha value is -1.12. The second-order valence-corrected chi connectivity index (χ2v) is 5.50. The first-order valence-corrected chi connectivity index (χ1v) is 6.66. The van der Waals surface area contributed by atoms with Gasteiger partial charge in [-0.3, -0.25) is 9.69 Å². The van der Waals surface area contributed by atoms with Crippen LogP contribution in [0.1, 0.15) is 32.1 Å². The van der Waals surface area contributed by atoms with Gasteiger partial charge < -0.3 is 10.0 Å². The SMILES string of the molecule is CN(C(=O)CN1CC(O)C1)C1(C#N)CCCCC1. The van der Waals surface area contributed by atoms with Gasteiger partial charge in [0.15, 0.2) is 0 Å². The van der Waals surface area contributed by atoms with Crippen LogP contribution in [0.25, 0.3) is 0 Å². The van der Waals surface area contributed by atoms with E-state index in [0.717, 1.165) is 32.1 Å². The van der Waals surface area contributed by atoms with Crippen LogP contribution in [-0.2, 0) is 4.79 Å². The Kier molecular flexibility index (Phi) is 3.88. The maximum atomic E-state index is 12.2. The lowest BCUT2D eigenvalue weighted by Gasteiger charge is -2.41. The van der Waals surface area contributed by atoms with Crippen molar-refractivity contribution in [3.8, 4) is 6.07 Å². The van der Waals surface area contributed by atoms with Gasteiger partial charge in [0, 0.05) is 20.1 Å². The molecule has 0 atom stereocenters. The van der Waals surface area contributed by atoms with Crippen molar-refractivity contribution in [1.29, 1.82) is 5.26 Å². The summed E-state index contributed by atoms with van der Waals surface area (Å²) in [6.07, 6.45) is 4.48. The van der Waals surface area contributed by atoms with Gasteiger partial charge >= 0.3 is 0 Å². The molecule has 0 bridgehead atoms. The number of likely N-dealkylation sites (tertiary alicyclic amines) is 1. The molecule has 0 aromatic rings. The summed E-state index contributed by atoms with van der Waals surface area (Å²) in [5.41, 5.74) is -0.598. The van der Waals surface area contributed by atoms with Gasteiger partial charge in [-0.25, -0.2) is 0 Å². The molecular formula is C13H21N3O2. The fourth-order valence-electron chi connectivity index (χ4n) is 2.87. The molecule has 1 aliphatic carbocycles. The Morgan fingerprint density at radius 1 is 1.44 bits per heavy atom. The summed E-state index contributed by atoms with van der Waals surface area (Å²) in [4.78, 5) is 15.7. The van der Waals surface area contributed by atoms with Crippen molar-refractivity contribution in [3.63, 3.8) is 0 Å². The third-order valence-electron chi connectivity index (χ3n) is 4.20. The molecule has 18 heavy (non-hydrogen) atoms. The van der Waals surface area contributed by atoms with E-state index in [0.29, 0.717) is 19.6 Å². The zero-order valence-corrected chi connectivity index (χ0v) is 10.9. The zero-order valence-electron chi connectivity index (χ0n) is 10.9. The highest BCUT2D eigenvalue weighted by Crippen LogP contribution is 2.32. The third-order valence-corrected chi connectivity index (χ3v) is 4.20. The number of nitrogens with zero attached hydrogens (tertiary/aromatic N) is 3. The third kappa shape index (κ3) is 2.50. The van der Waals surface area contributed by atoms with Crippen LogP contribution in [0.2, 0.25) is 0 Å². The number of aliphatic hydroxyl groups excluding tert-OH is 1. The normalized spacial score (nSPS) is 24.1. The summed E-state index contributed by atoms with van der Waals surface area (Å²) in [6.45, 7) is 1.45. The highest BCUT2D eigenvalue weighted by Gasteiger charge is 2.39. The quantitative estimate of drug-likeness (QED) is 0.786. The van der Waals surface area contributed by atoms with Crippen LogP contribution in [0.4, 0.5) is 0 Å². The summed E-state index contributed by atoms with van der Waals surface area (Å²) < 4.78 is 0. The summed E-state index contributed by atoms with van der Waals surface area (Å²) in [7, 11) is 1.74. The van der Waals surface area contributed by atoms with Crippen LogP contribution >= 0.6 is 0 Å². The Morgan fingerprint density at radius 2 is 2.06 bits per heavy atom. The van der Waals surface area contributed by atoms with E-state index in [1.807, 2.05) is 4.90 Å². The molecule has 1 heterocycles. The summed E-state index contributed by atoms with van der Waals surface area (Å²) in [5.74, 6) is -0.00894. The van der Waals surface area contributed by atoms with E-state index in [-0.39, 0.29) is 12.0 Å². The highest BCUT2D eigenvalue weighted by molar-refractivity contribution is 5.79. The highest BCUT2D eigenvalue weighted by atomic mass is 16.3. The van der Waals surface area contributed by atoms with Crippen molar-refractivity contribution in [2.45, 2.75) is 43.7 Å². The maximum Gasteiger partial charge on any atom is 0.237 e.